The van der Waals surface area contributed by atoms with Crippen LogP contribution in [-0.4, -0.2) is 0 Å². The van der Waals surface area contributed by atoms with Crippen molar-refractivity contribution in [1.29, 1.82) is 0 Å². The van der Waals surface area contributed by atoms with E-state index in [4.69, 9.17) is 11.6 Å². The Labute approximate surface area is 80.0 Å². The molecule has 60 valence electrons. The summed E-state index contributed by atoms with van der Waals surface area (Å²) in [5, 5.41) is 0. The van der Waals surface area contributed by atoms with Gasteiger partial charge in [-0.05, 0) is 29.0 Å². The van der Waals surface area contributed by atoms with E-state index in [0.29, 0.717) is 6.42 Å². The van der Waals surface area contributed by atoms with Crippen LogP contribution in [0.4, 0.5) is 4.39 Å². The monoisotopic (exact) mass is 276 g/mol. The van der Waals surface area contributed by atoms with Gasteiger partial charge in [-0.2, -0.15) is 0 Å². The van der Waals surface area contributed by atoms with Crippen LogP contribution in [0, 0.1) is 0 Å². The first-order valence-electron chi connectivity index (χ1n) is 3.38. The third-order valence-corrected chi connectivity index (χ3v) is 2.00. The number of hydrogen-bond donors (Lipinski definition) is 0. The Bertz CT molecular complexity index is 119. The fourth-order valence-corrected chi connectivity index (χ4v) is 0.989. The van der Waals surface area contributed by atoms with Crippen LogP contribution in [-0.2, 0) is 0 Å². The zero-order valence-corrected chi connectivity index (χ0v) is 8.88. The molecule has 0 atom stereocenters. The lowest BCUT2D eigenvalue weighted by Crippen LogP contribution is -1.77. The minimum absolute atomic E-state index is 0.171. The topological polar surface area (TPSA) is 0 Å². The maximum atomic E-state index is 12.6. The van der Waals surface area contributed by atoms with Gasteiger partial charge in [0.25, 0.3) is 0 Å². The second-order valence-corrected chi connectivity index (χ2v) is 4.22. The summed E-state index contributed by atoms with van der Waals surface area (Å²) in [6.45, 7) is 2.09. The summed E-state index contributed by atoms with van der Waals surface area (Å²) in [7, 11) is 0. The van der Waals surface area contributed by atoms with Crippen molar-refractivity contribution in [3.05, 3.63) is 8.87 Å². The van der Waals surface area contributed by atoms with Crippen LogP contribution in [0.3, 0.4) is 0 Å². The van der Waals surface area contributed by atoms with Gasteiger partial charge in [-0.25, -0.2) is 4.39 Å². The third-order valence-electron chi connectivity index (χ3n) is 1.20. The Morgan fingerprint density at radius 3 is 2.50 bits per heavy atom. The van der Waals surface area contributed by atoms with E-state index in [1.165, 1.54) is 0 Å². The van der Waals surface area contributed by atoms with Gasteiger partial charge in [0.15, 0.2) is 0 Å². The Balaban J connectivity index is 3.40. The molecule has 0 aliphatic carbocycles. The highest BCUT2D eigenvalue weighted by molar-refractivity contribution is 14.1. The summed E-state index contributed by atoms with van der Waals surface area (Å²) in [4.78, 5) is 0. The number of halogens is 3. The average molecular weight is 277 g/mol. The van der Waals surface area contributed by atoms with Crippen LogP contribution in [0.1, 0.15) is 32.6 Å². The van der Waals surface area contributed by atoms with Gasteiger partial charge >= 0.3 is 0 Å². The quantitative estimate of drug-likeness (QED) is 0.528. The molecule has 10 heavy (non-hydrogen) atoms. The van der Waals surface area contributed by atoms with E-state index in [-0.39, 0.29) is 8.87 Å². The molecular formula is C7H11ClFI. The molecule has 0 nitrogen and oxygen atoms in total. The summed E-state index contributed by atoms with van der Waals surface area (Å²) in [5.74, 6) is -0.171. The first-order chi connectivity index (χ1) is 4.68. The van der Waals surface area contributed by atoms with Crippen molar-refractivity contribution in [2.24, 2.45) is 0 Å². The van der Waals surface area contributed by atoms with E-state index in [2.05, 4.69) is 6.92 Å². The SMILES string of the molecule is CCCCC/C(F)=C(\Cl)I. The minimum Gasteiger partial charge on any atom is -0.210 e. The predicted octanol–water partition coefficient (Wildman–Crippen LogP) is 4.38. The molecule has 0 spiro atoms. The Hall–Kier alpha value is 0.690. The molecule has 0 saturated carbocycles. The van der Waals surface area contributed by atoms with Crippen LogP contribution in [0.5, 0.6) is 0 Å². The molecule has 0 fully saturated rings. The molecule has 0 bridgehead atoms. The van der Waals surface area contributed by atoms with E-state index >= 15 is 0 Å². The van der Waals surface area contributed by atoms with E-state index in [9.17, 15) is 4.39 Å². The highest BCUT2D eigenvalue weighted by atomic mass is 127. The lowest BCUT2D eigenvalue weighted by Gasteiger charge is -1.95. The molecule has 3 heteroatoms. The molecule has 0 aromatic rings. The van der Waals surface area contributed by atoms with Gasteiger partial charge in [-0.3, -0.25) is 0 Å². The standard InChI is InChI=1S/C7H11ClFI/c1-2-3-4-5-6(9)7(8)10/h2-5H2,1H3/b7-6-. The van der Waals surface area contributed by atoms with E-state index in [1.54, 1.807) is 22.6 Å². The molecule has 0 aromatic carbocycles. The Kier molecular flexibility index (Phi) is 6.85. The second kappa shape index (κ2) is 6.40. The van der Waals surface area contributed by atoms with Gasteiger partial charge in [-0.15, -0.1) is 0 Å². The van der Waals surface area contributed by atoms with Crippen LogP contribution in [0.15, 0.2) is 8.87 Å². The lowest BCUT2D eigenvalue weighted by molar-refractivity contribution is 0.561. The van der Waals surface area contributed by atoms with Crippen LogP contribution < -0.4 is 0 Å². The maximum absolute atomic E-state index is 12.6. The normalized spacial score (nSPS) is 13.2. The second-order valence-electron chi connectivity index (χ2n) is 2.12. The molecule has 0 aromatic heterocycles. The van der Waals surface area contributed by atoms with Gasteiger partial charge < -0.3 is 0 Å². The Morgan fingerprint density at radius 2 is 2.10 bits per heavy atom. The average Bonchev–Trinajstić information content (AvgIpc) is 1.88. The van der Waals surface area contributed by atoms with Crippen LogP contribution >= 0.6 is 34.2 Å². The van der Waals surface area contributed by atoms with Crippen molar-refractivity contribution in [1.82, 2.24) is 0 Å². The van der Waals surface area contributed by atoms with Crippen LogP contribution in [0.25, 0.3) is 0 Å². The molecule has 0 saturated heterocycles. The summed E-state index contributed by atoms with van der Waals surface area (Å²) in [5.41, 5.74) is 0. The maximum Gasteiger partial charge on any atom is 0.125 e. The molecule has 0 aliphatic rings. The van der Waals surface area contributed by atoms with Crippen molar-refractivity contribution >= 4 is 34.2 Å². The summed E-state index contributed by atoms with van der Waals surface area (Å²) in [6.07, 6.45) is 3.59. The number of hydrogen-bond acceptors (Lipinski definition) is 0. The molecule has 0 radical (unpaired) electrons. The van der Waals surface area contributed by atoms with E-state index in [0.717, 1.165) is 19.3 Å². The lowest BCUT2D eigenvalue weighted by atomic mass is 10.2. The molecule has 0 heterocycles. The summed E-state index contributed by atoms with van der Waals surface area (Å²) < 4.78 is 12.9. The van der Waals surface area contributed by atoms with Gasteiger partial charge in [0.2, 0.25) is 0 Å². The number of unbranched alkanes of at least 4 members (excludes halogenated alkanes) is 2. The van der Waals surface area contributed by atoms with Crippen LogP contribution in [0.2, 0.25) is 0 Å². The fourth-order valence-electron chi connectivity index (χ4n) is 0.625. The highest BCUT2D eigenvalue weighted by Crippen LogP contribution is 2.22. The first kappa shape index (κ1) is 10.7. The number of allylic oxidation sites excluding steroid dienone is 1. The summed E-state index contributed by atoms with van der Waals surface area (Å²) in [6, 6.07) is 0. The van der Waals surface area contributed by atoms with Gasteiger partial charge in [0.05, 0.1) is 0 Å². The van der Waals surface area contributed by atoms with Crippen molar-refractivity contribution in [2.45, 2.75) is 32.6 Å². The molecular weight excluding hydrogens is 265 g/mol. The smallest absolute Gasteiger partial charge is 0.125 e. The molecule has 0 N–H and O–H groups in total. The predicted molar refractivity (Wildman–Crippen MR) is 52.1 cm³/mol. The number of rotatable bonds is 4. The van der Waals surface area contributed by atoms with Crippen molar-refractivity contribution < 1.29 is 4.39 Å². The zero-order valence-electron chi connectivity index (χ0n) is 5.96. The zero-order chi connectivity index (χ0) is 7.98. The highest BCUT2D eigenvalue weighted by Gasteiger charge is 1.98. The Morgan fingerprint density at radius 1 is 1.50 bits per heavy atom. The van der Waals surface area contributed by atoms with E-state index < -0.39 is 0 Å². The molecule has 0 amide bonds. The summed E-state index contributed by atoms with van der Waals surface area (Å²) >= 11 is 7.19. The molecule has 0 aliphatic heterocycles. The van der Waals surface area contributed by atoms with Crippen molar-refractivity contribution in [2.75, 3.05) is 0 Å². The first-order valence-corrected chi connectivity index (χ1v) is 4.83. The molecule has 0 rings (SSSR count). The third kappa shape index (κ3) is 5.47. The fraction of sp³-hybridized carbons (Fsp3) is 0.714. The van der Waals surface area contributed by atoms with Crippen molar-refractivity contribution in [3.63, 3.8) is 0 Å². The largest absolute Gasteiger partial charge is 0.210 e. The van der Waals surface area contributed by atoms with Gasteiger partial charge in [0.1, 0.15) is 8.87 Å². The van der Waals surface area contributed by atoms with Gasteiger partial charge in [0, 0.05) is 6.42 Å². The van der Waals surface area contributed by atoms with Crippen molar-refractivity contribution in [3.8, 4) is 0 Å². The molecule has 0 unspecified atom stereocenters. The minimum atomic E-state index is -0.171. The van der Waals surface area contributed by atoms with E-state index in [1.807, 2.05) is 0 Å². The van der Waals surface area contributed by atoms with Gasteiger partial charge in [-0.1, -0.05) is 31.4 Å².